The van der Waals surface area contributed by atoms with Gasteiger partial charge in [0.15, 0.2) is 0 Å². The average molecular weight is 372 g/mol. The van der Waals surface area contributed by atoms with Crippen LogP contribution >= 0.6 is 0 Å². The summed E-state index contributed by atoms with van der Waals surface area (Å²) in [6, 6.07) is 0. The van der Waals surface area contributed by atoms with Gasteiger partial charge in [0.05, 0.1) is 0 Å². The van der Waals surface area contributed by atoms with Crippen molar-refractivity contribution in [3.05, 3.63) is 0 Å². The quantitative estimate of drug-likeness (QED) is 0.229. The van der Waals surface area contributed by atoms with Gasteiger partial charge in [0, 0.05) is 13.2 Å². The molecular weight excluding hydrogens is 322 g/mol. The maximum atomic E-state index is 5.72. The second-order valence-electron chi connectivity index (χ2n) is 7.50. The molecule has 0 saturated carbocycles. The van der Waals surface area contributed by atoms with Crippen LogP contribution in [0.25, 0.3) is 0 Å². The molecule has 0 bridgehead atoms. The molecule has 0 aliphatic rings. The molecule has 0 aromatic carbocycles. The lowest BCUT2D eigenvalue weighted by Crippen LogP contribution is -2.24. The van der Waals surface area contributed by atoms with Gasteiger partial charge in [0.2, 0.25) is 0 Å². The van der Waals surface area contributed by atoms with E-state index in [1.165, 1.54) is 77.0 Å². The van der Waals surface area contributed by atoms with E-state index in [1.807, 2.05) is 0 Å². The van der Waals surface area contributed by atoms with Crippen LogP contribution in [0.1, 0.15) is 96.8 Å². The smallest absolute Gasteiger partial charge is 0.0478 e. The number of hydrogen-bond acceptors (Lipinski definition) is 4. The number of rotatable bonds is 23. The molecule has 0 atom stereocenters. The molecule has 0 aliphatic heterocycles. The Hall–Kier alpha value is -0.160. The summed E-state index contributed by atoms with van der Waals surface area (Å²) in [5.74, 6) is 0. The number of ether oxygens (including phenoxy) is 1. The van der Waals surface area contributed by atoms with E-state index in [0.29, 0.717) is 0 Å². The standard InChI is InChI=1S/C22H49N3O/c1-2-3-4-5-6-7-8-9-10-11-12-21-26-22-15-20-25-19-14-18-24-17-13-16-23/h24-25H,2-23H2,1H3. The van der Waals surface area contributed by atoms with Crippen molar-refractivity contribution in [2.75, 3.05) is 45.9 Å². The van der Waals surface area contributed by atoms with Crippen molar-refractivity contribution in [3.8, 4) is 0 Å². The van der Waals surface area contributed by atoms with E-state index in [-0.39, 0.29) is 0 Å². The van der Waals surface area contributed by atoms with Crippen molar-refractivity contribution in [1.82, 2.24) is 10.6 Å². The van der Waals surface area contributed by atoms with E-state index in [9.17, 15) is 0 Å². The van der Waals surface area contributed by atoms with Gasteiger partial charge in [-0.25, -0.2) is 0 Å². The molecule has 26 heavy (non-hydrogen) atoms. The van der Waals surface area contributed by atoms with Crippen LogP contribution in [-0.4, -0.2) is 45.9 Å². The van der Waals surface area contributed by atoms with Crippen molar-refractivity contribution >= 4 is 0 Å². The van der Waals surface area contributed by atoms with Crippen LogP contribution in [0.3, 0.4) is 0 Å². The van der Waals surface area contributed by atoms with E-state index in [1.54, 1.807) is 0 Å². The molecule has 0 saturated heterocycles. The Balaban J connectivity index is 2.95. The van der Waals surface area contributed by atoms with Crippen molar-refractivity contribution < 1.29 is 4.74 Å². The molecule has 0 radical (unpaired) electrons. The summed E-state index contributed by atoms with van der Waals surface area (Å²) in [6.45, 7) is 9.21. The zero-order valence-corrected chi connectivity index (χ0v) is 17.8. The topological polar surface area (TPSA) is 59.3 Å². The Labute approximate surface area is 164 Å². The van der Waals surface area contributed by atoms with Gasteiger partial charge in [-0.3, -0.25) is 0 Å². The largest absolute Gasteiger partial charge is 0.381 e. The monoisotopic (exact) mass is 371 g/mol. The van der Waals surface area contributed by atoms with Gasteiger partial charge in [0.1, 0.15) is 0 Å². The van der Waals surface area contributed by atoms with Crippen molar-refractivity contribution in [3.63, 3.8) is 0 Å². The van der Waals surface area contributed by atoms with Crippen LogP contribution in [0.5, 0.6) is 0 Å². The molecule has 0 spiro atoms. The van der Waals surface area contributed by atoms with Crippen molar-refractivity contribution in [2.45, 2.75) is 96.8 Å². The van der Waals surface area contributed by atoms with Crippen LogP contribution in [-0.2, 0) is 4.74 Å². The number of nitrogens with two attached hydrogens (primary N) is 1. The fourth-order valence-electron chi connectivity index (χ4n) is 3.09. The molecule has 0 fully saturated rings. The highest BCUT2D eigenvalue weighted by Crippen LogP contribution is 2.11. The summed E-state index contributed by atoms with van der Waals surface area (Å²) in [7, 11) is 0. The Morgan fingerprint density at radius 2 is 1.00 bits per heavy atom. The summed E-state index contributed by atoms with van der Waals surface area (Å²) >= 11 is 0. The fourth-order valence-corrected chi connectivity index (χ4v) is 3.09. The zero-order chi connectivity index (χ0) is 19.0. The Morgan fingerprint density at radius 3 is 1.58 bits per heavy atom. The third-order valence-electron chi connectivity index (χ3n) is 4.80. The minimum Gasteiger partial charge on any atom is -0.381 e. The molecule has 0 amide bonds. The van der Waals surface area contributed by atoms with E-state index in [0.717, 1.165) is 58.8 Å². The Morgan fingerprint density at radius 1 is 0.538 bits per heavy atom. The summed E-state index contributed by atoms with van der Waals surface area (Å²) in [5.41, 5.74) is 5.45. The van der Waals surface area contributed by atoms with E-state index >= 15 is 0 Å². The third kappa shape index (κ3) is 23.8. The second kappa shape index (κ2) is 24.8. The fraction of sp³-hybridized carbons (Fsp3) is 1.00. The molecule has 0 heterocycles. The normalized spacial score (nSPS) is 11.3. The number of unbranched alkanes of at least 4 members (excludes halogenated alkanes) is 10. The van der Waals surface area contributed by atoms with Gasteiger partial charge in [-0.2, -0.15) is 0 Å². The summed E-state index contributed by atoms with van der Waals surface area (Å²) in [5, 5.41) is 6.88. The minimum absolute atomic E-state index is 0.782. The molecule has 0 aromatic heterocycles. The van der Waals surface area contributed by atoms with E-state index in [2.05, 4.69) is 17.6 Å². The van der Waals surface area contributed by atoms with Gasteiger partial charge >= 0.3 is 0 Å². The first-order chi connectivity index (χ1) is 12.9. The SMILES string of the molecule is CCCCCCCCCCCCCOCCCNCCCNCCCN. The maximum absolute atomic E-state index is 5.72. The predicted octanol–water partition coefficient (Wildman–Crippen LogP) is 4.62. The first kappa shape index (κ1) is 25.8. The average Bonchev–Trinajstić information content (AvgIpc) is 2.66. The highest BCUT2D eigenvalue weighted by Gasteiger charge is 1.94. The molecule has 0 aromatic rings. The molecule has 4 nitrogen and oxygen atoms in total. The second-order valence-corrected chi connectivity index (χ2v) is 7.50. The Kier molecular flexibility index (Phi) is 24.7. The van der Waals surface area contributed by atoms with Crippen LogP contribution in [0.15, 0.2) is 0 Å². The molecule has 4 heteroatoms. The zero-order valence-electron chi connectivity index (χ0n) is 17.8. The summed E-state index contributed by atoms with van der Waals surface area (Å²) < 4.78 is 5.72. The van der Waals surface area contributed by atoms with Gasteiger partial charge in [0.25, 0.3) is 0 Å². The van der Waals surface area contributed by atoms with Crippen molar-refractivity contribution in [1.29, 1.82) is 0 Å². The van der Waals surface area contributed by atoms with Crippen LogP contribution in [0, 0.1) is 0 Å². The van der Waals surface area contributed by atoms with Gasteiger partial charge in [-0.05, 0) is 58.4 Å². The lowest BCUT2D eigenvalue weighted by molar-refractivity contribution is 0.127. The van der Waals surface area contributed by atoms with Gasteiger partial charge in [-0.15, -0.1) is 0 Å². The van der Waals surface area contributed by atoms with E-state index < -0.39 is 0 Å². The Bertz CT molecular complexity index is 215. The highest BCUT2D eigenvalue weighted by atomic mass is 16.5. The highest BCUT2D eigenvalue weighted by molar-refractivity contribution is 4.53. The lowest BCUT2D eigenvalue weighted by atomic mass is 10.1. The van der Waals surface area contributed by atoms with Crippen LogP contribution in [0.4, 0.5) is 0 Å². The first-order valence-corrected chi connectivity index (χ1v) is 11.6. The van der Waals surface area contributed by atoms with Crippen molar-refractivity contribution in [2.24, 2.45) is 5.73 Å². The lowest BCUT2D eigenvalue weighted by Gasteiger charge is -2.07. The molecule has 158 valence electrons. The number of nitrogens with one attached hydrogen (secondary N) is 2. The first-order valence-electron chi connectivity index (χ1n) is 11.6. The van der Waals surface area contributed by atoms with Crippen LogP contribution < -0.4 is 16.4 Å². The van der Waals surface area contributed by atoms with Gasteiger partial charge in [-0.1, -0.05) is 71.1 Å². The van der Waals surface area contributed by atoms with Gasteiger partial charge < -0.3 is 21.1 Å². The molecule has 0 rings (SSSR count). The van der Waals surface area contributed by atoms with E-state index in [4.69, 9.17) is 10.5 Å². The molecule has 0 aliphatic carbocycles. The molecular formula is C22H49N3O. The maximum Gasteiger partial charge on any atom is 0.0478 e. The molecule has 0 unspecified atom stereocenters. The van der Waals surface area contributed by atoms with Crippen LogP contribution in [0.2, 0.25) is 0 Å². The summed E-state index contributed by atoms with van der Waals surface area (Å²) in [6.07, 6.45) is 18.7. The molecule has 4 N–H and O–H groups in total. The number of hydrogen-bond donors (Lipinski definition) is 3. The minimum atomic E-state index is 0.782. The third-order valence-corrected chi connectivity index (χ3v) is 4.80. The summed E-state index contributed by atoms with van der Waals surface area (Å²) in [4.78, 5) is 0. The predicted molar refractivity (Wildman–Crippen MR) is 116 cm³/mol.